The molecule has 3 rings (SSSR count). The first-order valence-electron chi connectivity index (χ1n) is 7.88. The van der Waals surface area contributed by atoms with E-state index in [2.05, 4.69) is 15.4 Å². The predicted octanol–water partition coefficient (Wildman–Crippen LogP) is 2.28. The van der Waals surface area contributed by atoms with E-state index >= 15 is 0 Å². The summed E-state index contributed by atoms with van der Waals surface area (Å²) in [6.07, 6.45) is 5.95. The molecule has 1 aliphatic rings. The number of hydrogen-bond donors (Lipinski definition) is 0. The molecule has 6 heteroatoms. The Kier molecular flexibility index (Phi) is 4.46. The summed E-state index contributed by atoms with van der Waals surface area (Å²) in [5, 5.41) is 12.0. The molecule has 1 aliphatic heterocycles. The molecule has 0 unspecified atom stereocenters. The van der Waals surface area contributed by atoms with E-state index in [-0.39, 0.29) is 5.91 Å². The Morgan fingerprint density at radius 1 is 1.00 bits per heavy atom. The summed E-state index contributed by atoms with van der Waals surface area (Å²) in [4.78, 5) is 16.0. The van der Waals surface area contributed by atoms with Crippen LogP contribution in [-0.4, -0.2) is 44.1 Å². The molecule has 22 heavy (non-hydrogen) atoms. The van der Waals surface area contributed by atoms with Crippen LogP contribution in [0.5, 0.6) is 0 Å². The van der Waals surface area contributed by atoms with Crippen molar-refractivity contribution in [2.24, 2.45) is 7.05 Å². The highest BCUT2D eigenvalue weighted by atomic mass is 16.2. The predicted molar refractivity (Wildman–Crippen MR) is 83.2 cm³/mol. The molecule has 0 saturated carbocycles. The van der Waals surface area contributed by atoms with Crippen LogP contribution in [0.4, 0.5) is 0 Å². The van der Waals surface area contributed by atoms with E-state index in [1.807, 2.05) is 29.2 Å². The van der Waals surface area contributed by atoms with Crippen LogP contribution in [-0.2, 0) is 7.05 Å². The van der Waals surface area contributed by atoms with Crippen LogP contribution in [0.2, 0.25) is 0 Å². The molecule has 0 aliphatic carbocycles. The standard InChI is InChI=1S/C16H21N5O/c1-20-18-15(17-19-20)13-7-9-14(10-8-13)16(22)21-11-5-3-2-4-6-12-21/h7-10H,2-6,11-12H2,1H3. The minimum Gasteiger partial charge on any atom is -0.339 e. The largest absolute Gasteiger partial charge is 0.339 e. The summed E-state index contributed by atoms with van der Waals surface area (Å²) in [5.74, 6) is 0.702. The number of tetrazole rings is 1. The minimum absolute atomic E-state index is 0.126. The summed E-state index contributed by atoms with van der Waals surface area (Å²) in [5.41, 5.74) is 1.60. The number of likely N-dealkylation sites (tertiary alicyclic amines) is 1. The number of benzene rings is 1. The Labute approximate surface area is 130 Å². The quantitative estimate of drug-likeness (QED) is 0.853. The van der Waals surface area contributed by atoms with Gasteiger partial charge < -0.3 is 4.90 Å². The van der Waals surface area contributed by atoms with Crippen molar-refractivity contribution < 1.29 is 4.79 Å². The van der Waals surface area contributed by atoms with Crippen LogP contribution in [0.15, 0.2) is 24.3 Å². The van der Waals surface area contributed by atoms with E-state index in [1.54, 1.807) is 7.05 Å². The molecule has 1 amide bonds. The van der Waals surface area contributed by atoms with Crippen LogP contribution in [0, 0.1) is 0 Å². The maximum Gasteiger partial charge on any atom is 0.253 e. The monoisotopic (exact) mass is 299 g/mol. The third kappa shape index (κ3) is 3.32. The highest BCUT2D eigenvalue weighted by Crippen LogP contribution is 2.17. The summed E-state index contributed by atoms with van der Waals surface area (Å²) < 4.78 is 0. The summed E-state index contributed by atoms with van der Waals surface area (Å²) in [7, 11) is 1.73. The molecule has 0 atom stereocenters. The van der Waals surface area contributed by atoms with E-state index in [0.717, 1.165) is 37.1 Å². The highest BCUT2D eigenvalue weighted by Gasteiger charge is 2.17. The van der Waals surface area contributed by atoms with Gasteiger partial charge in [-0.3, -0.25) is 4.79 Å². The molecule has 6 nitrogen and oxygen atoms in total. The number of rotatable bonds is 2. The number of nitrogens with zero attached hydrogens (tertiary/aromatic N) is 5. The number of carbonyl (C=O) groups excluding carboxylic acids is 1. The van der Waals surface area contributed by atoms with Crippen LogP contribution in [0.25, 0.3) is 11.4 Å². The lowest BCUT2D eigenvalue weighted by atomic mass is 10.1. The number of amides is 1. The van der Waals surface area contributed by atoms with E-state index in [4.69, 9.17) is 0 Å². The first-order chi connectivity index (χ1) is 10.7. The molecule has 2 heterocycles. The topological polar surface area (TPSA) is 63.9 Å². The number of carbonyl (C=O) groups is 1. The number of aromatic nitrogens is 4. The molecule has 1 aromatic heterocycles. The average molecular weight is 299 g/mol. The van der Waals surface area contributed by atoms with Gasteiger partial charge in [-0.05, 0) is 30.2 Å². The fraction of sp³-hybridized carbons (Fsp3) is 0.500. The van der Waals surface area contributed by atoms with Crippen molar-refractivity contribution in [3.8, 4) is 11.4 Å². The van der Waals surface area contributed by atoms with E-state index < -0.39 is 0 Å². The van der Waals surface area contributed by atoms with Gasteiger partial charge in [0.05, 0.1) is 7.05 Å². The van der Waals surface area contributed by atoms with Crippen molar-refractivity contribution in [3.63, 3.8) is 0 Å². The van der Waals surface area contributed by atoms with Gasteiger partial charge in [0.2, 0.25) is 5.82 Å². The Morgan fingerprint density at radius 2 is 1.64 bits per heavy atom. The van der Waals surface area contributed by atoms with E-state index in [1.165, 1.54) is 24.1 Å². The lowest BCUT2D eigenvalue weighted by Crippen LogP contribution is -2.33. The molecular weight excluding hydrogens is 278 g/mol. The fourth-order valence-electron chi connectivity index (χ4n) is 2.79. The summed E-state index contributed by atoms with van der Waals surface area (Å²) in [6.45, 7) is 1.73. The molecule has 116 valence electrons. The van der Waals surface area contributed by atoms with E-state index in [0.29, 0.717) is 5.82 Å². The molecule has 0 radical (unpaired) electrons. The first kappa shape index (κ1) is 14.7. The van der Waals surface area contributed by atoms with Crippen LogP contribution in [0.1, 0.15) is 42.5 Å². The molecule has 0 N–H and O–H groups in total. The highest BCUT2D eigenvalue weighted by molar-refractivity contribution is 5.94. The Morgan fingerprint density at radius 3 is 2.23 bits per heavy atom. The fourth-order valence-corrected chi connectivity index (χ4v) is 2.79. The molecule has 1 saturated heterocycles. The smallest absolute Gasteiger partial charge is 0.253 e. The summed E-state index contributed by atoms with van der Waals surface area (Å²) in [6, 6.07) is 7.47. The van der Waals surface area contributed by atoms with Gasteiger partial charge in [0.15, 0.2) is 0 Å². The zero-order valence-electron chi connectivity index (χ0n) is 12.9. The first-order valence-corrected chi connectivity index (χ1v) is 7.88. The van der Waals surface area contributed by atoms with Crippen molar-refractivity contribution in [2.45, 2.75) is 32.1 Å². The number of hydrogen-bond acceptors (Lipinski definition) is 4. The molecule has 1 fully saturated rings. The maximum absolute atomic E-state index is 12.6. The molecule has 0 bridgehead atoms. The second-order valence-electron chi connectivity index (χ2n) is 5.74. The second-order valence-corrected chi connectivity index (χ2v) is 5.74. The molecule has 2 aromatic rings. The zero-order valence-corrected chi connectivity index (χ0v) is 12.9. The van der Waals surface area contributed by atoms with Gasteiger partial charge in [-0.15, -0.1) is 10.2 Å². The van der Waals surface area contributed by atoms with Gasteiger partial charge in [0.25, 0.3) is 5.91 Å². The minimum atomic E-state index is 0.126. The summed E-state index contributed by atoms with van der Waals surface area (Å²) >= 11 is 0. The van der Waals surface area contributed by atoms with Crippen LogP contribution >= 0.6 is 0 Å². The lowest BCUT2D eigenvalue weighted by molar-refractivity contribution is 0.0742. The van der Waals surface area contributed by atoms with Crippen LogP contribution in [0.3, 0.4) is 0 Å². The number of aryl methyl sites for hydroxylation is 1. The Bertz CT molecular complexity index is 626. The molecule has 0 spiro atoms. The van der Waals surface area contributed by atoms with Gasteiger partial charge in [-0.2, -0.15) is 4.80 Å². The third-order valence-electron chi connectivity index (χ3n) is 4.04. The molecular formula is C16H21N5O. The van der Waals surface area contributed by atoms with Gasteiger partial charge in [0, 0.05) is 24.2 Å². The normalized spacial score (nSPS) is 16.1. The van der Waals surface area contributed by atoms with Gasteiger partial charge >= 0.3 is 0 Å². The zero-order chi connectivity index (χ0) is 15.4. The van der Waals surface area contributed by atoms with Crippen molar-refractivity contribution in [3.05, 3.63) is 29.8 Å². The lowest BCUT2D eigenvalue weighted by Gasteiger charge is -2.24. The van der Waals surface area contributed by atoms with Crippen molar-refractivity contribution in [1.29, 1.82) is 0 Å². The van der Waals surface area contributed by atoms with Crippen molar-refractivity contribution >= 4 is 5.91 Å². The Hall–Kier alpha value is -2.24. The van der Waals surface area contributed by atoms with Gasteiger partial charge in [-0.25, -0.2) is 0 Å². The SMILES string of the molecule is Cn1nnc(-c2ccc(C(=O)N3CCCCCCC3)cc2)n1. The van der Waals surface area contributed by atoms with Crippen molar-refractivity contribution in [2.75, 3.05) is 13.1 Å². The average Bonchev–Trinajstić information content (AvgIpc) is 2.93. The van der Waals surface area contributed by atoms with Crippen LogP contribution < -0.4 is 0 Å². The van der Waals surface area contributed by atoms with Crippen molar-refractivity contribution in [1.82, 2.24) is 25.1 Å². The Balaban J connectivity index is 1.72. The van der Waals surface area contributed by atoms with Gasteiger partial charge in [-0.1, -0.05) is 31.4 Å². The van der Waals surface area contributed by atoms with E-state index in [9.17, 15) is 4.79 Å². The third-order valence-corrected chi connectivity index (χ3v) is 4.04. The molecule has 1 aromatic carbocycles. The second kappa shape index (κ2) is 6.68. The van der Waals surface area contributed by atoms with Gasteiger partial charge in [0.1, 0.15) is 0 Å². The maximum atomic E-state index is 12.6.